The summed E-state index contributed by atoms with van der Waals surface area (Å²) in [4.78, 5) is 4.27. The number of pyridine rings is 1. The van der Waals surface area contributed by atoms with Gasteiger partial charge in [0.1, 0.15) is 5.75 Å². The van der Waals surface area contributed by atoms with Crippen LogP contribution in [0, 0.1) is 13.8 Å². The molecule has 1 N–H and O–H groups in total. The third kappa shape index (κ3) is 4.35. The zero-order valence-corrected chi connectivity index (χ0v) is 12.2. The van der Waals surface area contributed by atoms with Crippen molar-refractivity contribution < 1.29 is 4.74 Å². The van der Waals surface area contributed by atoms with E-state index in [2.05, 4.69) is 42.3 Å². The van der Waals surface area contributed by atoms with Crippen molar-refractivity contribution in [3.05, 3.63) is 59.4 Å². The van der Waals surface area contributed by atoms with E-state index in [1.165, 1.54) is 11.1 Å². The molecular formula is C17H22N2O. The second kappa shape index (κ2) is 7.65. The van der Waals surface area contributed by atoms with Gasteiger partial charge in [0, 0.05) is 12.7 Å². The van der Waals surface area contributed by atoms with Crippen LogP contribution in [0.15, 0.2) is 42.6 Å². The van der Waals surface area contributed by atoms with E-state index in [0.29, 0.717) is 0 Å². The van der Waals surface area contributed by atoms with E-state index in [1.807, 2.05) is 24.4 Å². The van der Waals surface area contributed by atoms with E-state index in [9.17, 15) is 0 Å². The van der Waals surface area contributed by atoms with Crippen LogP contribution in [0.5, 0.6) is 5.75 Å². The number of nitrogens with one attached hydrogen (secondary N) is 1. The molecule has 0 radical (unpaired) electrons. The van der Waals surface area contributed by atoms with Crippen molar-refractivity contribution in [1.29, 1.82) is 0 Å². The average molecular weight is 270 g/mol. The second-order valence-corrected chi connectivity index (χ2v) is 4.92. The molecule has 0 unspecified atom stereocenters. The number of rotatable bonds is 7. The van der Waals surface area contributed by atoms with Gasteiger partial charge in [-0.15, -0.1) is 0 Å². The molecule has 0 aliphatic heterocycles. The quantitative estimate of drug-likeness (QED) is 0.784. The molecule has 0 spiro atoms. The summed E-state index contributed by atoms with van der Waals surface area (Å²) in [5.41, 5.74) is 3.47. The zero-order chi connectivity index (χ0) is 14.2. The first-order valence-electron chi connectivity index (χ1n) is 7.07. The fraction of sp³-hybridized carbons (Fsp3) is 0.353. The Kier molecular flexibility index (Phi) is 5.56. The first-order chi connectivity index (χ1) is 9.77. The normalized spacial score (nSPS) is 10.5. The van der Waals surface area contributed by atoms with Gasteiger partial charge in [-0.05, 0) is 50.1 Å². The lowest BCUT2D eigenvalue weighted by molar-refractivity contribution is 0.304. The summed E-state index contributed by atoms with van der Waals surface area (Å²) in [5.74, 6) is 1.03. The molecule has 0 bridgehead atoms. The fourth-order valence-electron chi connectivity index (χ4n) is 2.12. The smallest absolute Gasteiger partial charge is 0.125 e. The highest BCUT2D eigenvalue weighted by atomic mass is 16.5. The van der Waals surface area contributed by atoms with Gasteiger partial charge >= 0.3 is 0 Å². The van der Waals surface area contributed by atoms with Gasteiger partial charge in [0.15, 0.2) is 0 Å². The van der Waals surface area contributed by atoms with Crippen LogP contribution in [0.25, 0.3) is 0 Å². The third-order valence-electron chi connectivity index (χ3n) is 3.19. The Morgan fingerprint density at radius 2 is 1.85 bits per heavy atom. The van der Waals surface area contributed by atoms with Gasteiger partial charge < -0.3 is 10.1 Å². The Bertz CT molecular complexity index is 506. The second-order valence-electron chi connectivity index (χ2n) is 4.92. The minimum Gasteiger partial charge on any atom is -0.493 e. The Labute approximate surface area is 121 Å². The number of nitrogens with zero attached hydrogens (tertiary/aromatic N) is 1. The van der Waals surface area contributed by atoms with Gasteiger partial charge in [0.05, 0.1) is 12.3 Å². The molecule has 1 aromatic carbocycles. The number of para-hydroxylation sites is 1. The molecule has 0 aliphatic carbocycles. The maximum atomic E-state index is 5.86. The topological polar surface area (TPSA) is 34.1 Å². The molecule has 2 aromatic rings. The van der Waals surface area contributed by atoms with Crippen molar-refractivity contribution in [2.45, 2.75) is 26.8 Å². The van der Waals surface area contributed by atoms with Crippen LogP contribution in [0.4, 0.5) is 0 Å². The van der Waals surface area contributed by atoms with Crippen LogP contribution in [0.3, 0.4) is 0 Å². The average Bonchev–Trinajstić information content (AvgIpc) is 2.46. The lowest BCUT2D eigenvalue weighted by Crippen LogP contribution is -2.17. The largest absolute Gasteiger partial charge is 0.493 e. The molecule has 0 amide bonds. The van der Waals surface area contributed by atoms with Crippen LogP contribution in [-0.4, -0.2) is 18.1 Å². The minimum atomic E-state index is 0.737. The molecule has 2 rings (SSSR count). The first-order valence-corrected chi connectivity index (χ1v) is 7.07. The number of ether oxygens (including phenoxy) is 1. The summed E-state index contributed by atoms with van der Waals surface area (Å²) in [5, 5.41) is 3.37. The van der Waals surface area contributed by atoms with Gasteiger partial charge in [-0.2, -0.15) is 0 Å². The van der Waals surface area contributed by atoms with E-state index in [0.717, 1.165) is 37.6 Å². The highest BCUT2D eigenvalue weighted by Crippen LogP contribution is 2.22. The Morgan fingerprint density at radius 3 is 2.55 bits per heavy atom. The number of hydrogen-bond acceptors (Lipinski definition) is 3. The van der Waals surface area contributed by atoms with Gasteiger partial charge in [-0.3, -0.25) is 4.98 Å². The summed E-state index contributed by atoms with van der Waals surface area (Å²) >= 11 is 0. The summed E-state index contributed by atoms with van der Waals surface area (Å²) in [7, 11) is 0. The number of hydrogen-bond donors (Lipinski definition) is 1. The summed E-state index contributed by atoms with van der Waals surface area (Å²) < 4.78 is 5.86. The molecule has 3 nitrogen and oxygen atoms in total. The molecule has 0 aliphatic rings. The standard InChI is InChI=1S/C17H22N2O/c1-14-7-5-8-15(2)17(14)20-12-6-10-18-13-16-9-3-4-11-19-16/h3-5,7-9,11,18H,6,10,12-13H2,1-2H3. The SMILES string of the molecule is Cc1cccc(C)c1OCCCNCc1ccccn1. The molecule has 20 heavy (non-hydrogen) atoms. The van der Waals surface area contributed by atoms with Crippen LogP contribution in [0.1, 0.15) is 23.2 Å². The van der Waals surface area contributed by atoms with Crippen molar-refractivity contribution in [3.63, 3.8) is 0 Å². The number of benzene rings is 1. The van der Waals surface area contributed by atoms with Crippen molar-refractivity contribution in [2.24, 2.45) is 0 Å². The van der Waals surface area contributed by atoms with E-state index in [4.69, 9.17) is 4.74 Å². The molecule has 0 atom stereocenters. The number of aromatic nitrogens is 1. The molecule has 0 saturated carbocycles. The highest BCUT2D eigenvalue weighted by Gasteiger charge is 2.02. The van der Waals surface area contributed by atoms with Crippen LogP contribution < -0.4 is 10.1 Å². The highest BCUT2D eigenvalue weighted by molar-refractivity contribution is 5.39. The Morgan fingerprint density at radius 1 is 1.05 bits per heavy atom. The number of aryl methyl sites for hydroxylation is 2. The molecule has 106 valence electrons. The summed E-state index contributed by atoms with van der Waals surface area (Å²) in [6.45, 7) is 6.65. The lowest BCUT2D eigenvalue weighted by Gasteiger charge is -2.12. The van der Waals surface area contributed by atoms with Crippen molar-refractivity contribution in [2.75, 3.05) is 13.2 Å². The van der Waals surface area contributed by atoms with Crippen LogP contribution in [-0.2, 0) is 6.54 Å². The van der Waals surface area contributed by atoms with Crippen molar-refractivity contribution in [3.8, 4) is 5.75 Å². The van der Waals surface area contributed by atoms with E-state index in [1.54, 1.807) is 0 Å². The molecule has 3 heteroatoms. The summed E-state index contributed by atoms with van der Waals surface area (Å²) in [6.07, 6.45) is 2.81. The van der Waals surface area contributed by atoms with Gasteiger partial charge in [0.2, 0.25) is 0 Å². The van der Waals surface area contributed by atoms with Gasteiger partial charge in [0.25, 0.3) is 0 Å². The molecule has 1 aromatic heterocycles. The summed E-state index contributed by atoms with van der Waals surface area (Å²) in [6, 6.07) is 12.2. The first kappa shape index (κ1) is 14.5. The maximum Gasteiger partial charge on any atom is 0.125 e. The molecule has 0 saturated heterocycles. The van der Waals surface area contributed by atoms with Crippen molar-refractivity contribution in [1.82, 2.24) is 10.3 Å². The van der Waals surface area contributed by atoms with E-state index < -0.39 is 0 Å². The van der Waals surface area contributed by atoms with E-state index in [-0.39, 0.29) is 0 Å². The third-order valence-corrected chi connectivity index (χ3v) is 3.19. The maximum absolute atomic E-state index is 5.86. The predicted octanol–water partition coefficient (Wildman–Crippen LogP) is 3.26. The van der Waals surface area contributed by atoms with Crippen LogP contribution in [0.2, 0.25) is 0 Å². The van der Waals surface area contributed by atoms with Gasteiger partial charge in [-0.1, -0.05) is 24.3 Å². The van der Waals surface area contributed by atoms with Crippen LogP contribution >= 0.6 is 0 Å². The van der Waals surface area contributed by atoms with Crippen molar-refractivity contribution >= 4 is 0 Å². The fourth-order valence-corrected chi connectivity index (χ4v) is 2.12. The lowest BCUT2D eigenvalue weighted by atomic mass is 10.1. The predicted molar refractivity (Wildman–Crippen MR) is 82.0 cm³/mol. The minimum absolute atomic E-state index is 0.737. The van der Waals surface area contributed by atoms with E-state index >= 15 is 0 Å². The molecule has 0 fully saturated rings. The zero-order valence-electron chi connectivity index (χ0n) is 12.2. The molecule has 1 heterocycles. The van der Waals surface area contributed by atoms with Gasteiger partial charge in [-0.25, -0.2) is 0 Å². The monoisotopic (exact) mass is 270 g/mol. The Balaban J connectivity index is 1.65. The molecular weight excluding hydrogens is 248 g/mol. The Hall–Kier alpha value is -1.87.